The van der Waals surface area contributed by atoms with E-state index >= 15 is 0 Å². The third-order valence-electron chi connectivity index (χ3n) is 4.24. The van der Waals surface area contributed by atoms with E-state index in [1.807, 2.05) is 38.1 Å². The first kappa shape index (κ1) is 16.3. The summed E-state index contributed by atoms with van der Waals surface area (Å²) in [6, 6.07) is 12.5. The number of para-hydroxylation sites is 1. The number of carbonyl (C=O) groups excluding carboxylic acids is 1. The van der Waals surface area contributed by atoms with E-state index in [4.69, 9.17) is 18.6 Å². The van der Waals surface area contributed by atoms with Crippen molar-refractivity contribution in [1.29, 1.82) is 0 Å². The summed E-state index contributed by atoms with van der Waals surface area (Å²) in [5.41, 5.74) is 1.20. The van der Waals surface area contributed by atoms with E-state index in [1.54, 1.807) is 18.2 Å². The number of benzene rings is 2. The summed E-state index contributed by atoms with van der Waals surface area (Å²) in [6.07, 6.45) is 0. The Hall–Kier alpha value is -3.15. The van der Waals surface area contributed by atoms with Crippen molar-refractivity contribution in [3.8, 4) is 17.2 Å². The molecule has 0 saturated carbocycles. The highest BCUT2D eigenvalue weighted by Crippen LogP contribution is 2.33. The van der Waals surface area contributed by atoms with E-state index in [1.165, 1.54) is 0 Å². The minimum absolute atomic E-state index is 0.179. The van der Waals surface area contributed by atoms with Gasteiger partial charge >= 0.3 is 0 Å². The van der Waals surface area contributed by atoms with E-state index in [-0.39, 0.29) is 18.7 Å². The second kappa shape index (κ2) is 6.63. The predicted molar refractivity (Wildman–Crippen MR) is 95.8 cm³/mol. The molecule has 3 aromatic rings. The van der Waals surface area contributed by atoms with Gasteiger partial charge in [0.25, 0.3) is 5.91 Å². The molecule has 134 valence electrons. The zero-order valence-corrected chi connectivity index (χ0v) is 14.6. The van der Waals surface area contributed by atoms with Crippen LogP contribution in [-0.4, -0.2) is 19.3 Å². The lowest BCUT2D eigenvalue weighted by Gasteiger charge is -2.11. The number of hydrogen-bond acceptors (Lipinski definition) is 5. The van der Waals surface area contributed by atoms with Gasteiger partial charge in [0.15, 0.2) is 22.8 Å². The van der Waals surface area contributed by atoms with Crippen LogP contribution in [0.15, 0.2) is 46.9 Å². The molecule has 0 bridgehead atoms. The topological polar surface area (TPSA) is 69.9 Å². The van der Waals surface area contributed by atoms with Gasteiger partial charge in [0.2, 0.25) is 6.79 Å². The van der Waals surface area contributed by atoms with Crippen LogP contribution in [0.2, 0.25) is 0 Å². The average Bonchev–Trinajstić information content (AvgIpc) is 3.28. The van der Waals surface area contributed by atoms with Crippen molar-refractivity contribution >= 4 is 16.9 Å². The second-order valence-corrected chi connectivity index (χ2v) is 6.02. The van der Waals surface area contributed by atoms with Gasteiger partial charge in [0.05, 0.1) is 12.6 Å². The molecule has 0 spiro atoms. The highest BCUT2D eigenvalue weighted by atomic mass is 16.7. The van der Waals surface area contributed by atoms with Crippen molar-refractivity contribution in [2.24, 2.45) is 0 Å². The lowest BCUT2D eigenvalue weighted by Crippen LogP contribution is -2.26. The Morgan fingerprint density at radius 3 is 2.88 bits per heavy atom. The van der Waals surface area contributed by atoms with E-state index in [0.717, 1.165) is 5.39 Å². The molecule has 2 heterocycles. The van der Waals surface area contributed by atoms with Gasteiger partial charge in [0, 0.05) is 10.9 Å². The fraction of sp³-hybridized carbons (Fsp3) is 0.250. The number of amides is 1. The summed E-state index contributed by atoms with van der Waals surface area (Å²) in [4.78, 5) is 12.5. The van der Waals surface area contributed by atoms with Crippen molar-refractivity contribution in [2.75, 3.05) is 13.4 Å². The number of nitrogens with one attached hydrogen (secondary N) is 1. The van der Waals surface area contributed by atoms with E-state index < -0.39 is 0 Å². The Balaban J connectivity index is 1.54. The van der Waals surface area contributed by atoms with Crippen LogP contribution in [0.25, 0.3) is 11.0 Å². The van der Waals surface area contributed by atoms with Gasteiger partial charge in [-0.15, -0.1) is 0 Å². The van der Waals surface area contributed by atoms with Crippen LogP contribution in [0.5, 0.6) is 17.2 Å². The number of carbonyl (C=O) groups is 1. The lowest BCUT2D eigenvalue weighted by atomic mass is 10.1. The molecule has 0 saturated heterocycles. The third-order valence-corrected chi connectivity index (χ3v) is 4.24. The number of ether oxygens (including phenoxy) is 3. The Labute approximate surface area is 150 Å². The molecule has 6 heteroatoms. The average molecular weight is 353 g/mol. The minimum Gasteiger partial charge on any atom is -0.490 e. The molecule has 1 unspecified atom stereocenters. The zero-order chi connectivity index (χ0) is 18.1. The zero-order valence-electron chi connectivity index (χ0n) is 14.6. The van der Waals surface area contributed by atoms with Gasteiger partial charge in [-0.25, -0.2) is 0 Å². The van der Waals surface area contributed by atoms with E-state index in [2.05, 4.69) is 5.32 Å². The number of rotatable bonds is 5. The maximum atomic E-state index is 12.5. The summed E-state index contributed by atoms with van der Waals surface area (Å²) >= 11 is 0. The maximum Gasteiger partial charge on any atom is 0.252 e. The van der Waals surface area contributed by atoms with Crippen LogP contribution in [0.3, 0.4) is 0 Å². The highest BCUT2D eigenvalue weighted by molar-refractivity contribution is 5.95. The first-order valence-corrected chi connectivity index (χ1v) is 8.51. The summed E-state index contributed by atoms with van der Waals surface area (Å²) in [7, 11) is 0. The van der Waals surface area contributed by atoms with Gasteiger partial charge in [0.1, 0.15) is 5.76 Å². The van der Waals surface area contributed by atoms with Crippen LogP contribution in [0, 0.1) is 0 Å². The molecule has 0 aliphatic carbocycles. The fourth-order valence-corrected chi connectivity index (χ4v) is 2.93. The highest BCUT2D eigenvalue weighted by Gasteiger charge is 2.20. The molecule has 1 atom stereocenters. The number of fused-ring (bicyclic) bond motifs is 2. The molecule has 1 aliphatic heterocycles. The normalized spacial score (nSPS) is 13.6. The minimum atomic E-state index is -0.296. The van der Waals surface area contributed by atoms with Crippen LogP contribution in [-0.2, 0) is 0 Å². The van der Waals surface area contributed by atoms with Crippen molar-refractivity contribution in [1.82, 2.24) is 5.32 Å². The Kier molecular flexibility index (Phi) is 4.16. The molecule has 1 aliphatic rings. The molecule has 0 radical (unpaired) electrons. The molecule has 26 heavy (non-hydrogen) atoms. The molecular formula is C20H19NO5. The smallest absolute Gasteiger partial charge is 0.252 e. The summed E-state index contributed by atoms with van der Waals surface area (Å²) in [6.45, 7) is 4.54. The van der Waals surface area contributed by atoms with Gasteiger partial charge in [-0.3, -0.25) is 4.79 Å². The van der Waals surface area contributed by atoms with Crippen LogP contribution >= 0.6 is 0 Å². The van der Waals surface area contributed by atoms with E-state index in [0.29, 0.717) is 40.8 Å². The van der Waals surface area contributed by atoms with Crippen LogP contribution in [0.4, 0.5) is 0 Å². The number of furan rings is 1. The van der Waals surface area contributed by atoms with Crippen molar-refractivity contribution in [2.45, 2.75) is 19.9 Å². The second-order valence-electron chi connectivity index (χ2n) is 6.02. The quantitative estimate of drug-likeness (QED) is 0.749. The largest absolute Gasteiger partial charge is 0.490 e. The Bertz CT molecular complexity index is 962. The van der Waals surface area contributed by atoms with E-state index in [9.17, 15) is 4.79 Å². The van der Waals surface area contributed by atoms with Gasteiger partial charge in [-0.2, -0.15) is 0 Å². The molecule has 1 N–H and O–H groups in total. The molecule has 2 aromatic carbocycles. The lowest BCUT2D eigenvalue weighted by molar-refractivity contribution is 0.0935. The molecule has 0 fully saturated rings. The summed E-state index contributed by atoms with van der Waals surface area (Å²) < 4.78 is 22.1. The molecule has 4 rings (SSSR count). The standard InChI is InChI=1S/C20H19NO5/c1-3-23-16-6-4-5-13-9-17(26-19(13)16)12(2)21-20(22)14-7-8-15-18(10-14)25-11-24-15/h4-10,12H,3,11H2,1-2H3,(H,21,22). The van der Waals surface area contributed by atoms with Gasteiger partial charge in [-0.1, -0.05) is 12.1 Å². The summed E-state index contributed by atoms with van der Waals surface area (Å²) in [5, 5.41) is 3.89. The van der Waals surface area contributed by atoms with Gasteiger partial charge in [-0.05, 0) is 44.2 Å². The predicted octanol–water partition coefficient (Wildman–Crippen LogP) is 4.05. The molecular weight excluding hydrogens is 334 g/mol. The molecule has 1 aromatic heterocycles. The monoisotopic (exact) mass is 353 g/mol. The number of hydrogen-bond donors (Lipinski definition) is 1. The van der Waals surface area contributed by atoms with Gasteiger partial charge < -0.3 is 23.9 Å². The van der Waals surface area contributed by atoms with Crippen LogP contribution in [0.1, 0.15) is 36.0 Å². The maximum absolute atomic E-state index is 12.5. The summed E-state index contributed by atoms with van der Waals surface area (Å²) in [5.74, 6) is 2.39. The third kappa shape index (κ3) is 2.94. The van der Waals surface area contributed by atoms with Crippen LogP contribution < -0.4 is 19.5 Å². The Morgan fingerprint density at radius 2 is 2.04 bits per heavy atom. The van der Waals surface area contributed by atoms with Crippen molar-refractivity contribution in [3.63, 3.8) is 0 Å². The SMILES string of the molecule is CCOc1cccc2cc(C(C)NC(=O)c3ccc4c(c3)OCO4)oc12. The molecule has 1 amide bonds. The molecule has 6 nitrogen and oxygen atoms in total. The Morgan fingerprint density at radius 1 is 1.19 bits per heavy atom. The fourth-order valence-electron chi connectivity index (χ4n) is 2.93. The first-order valence-electron chi connectivity index (χ1n) is 8.51. The van der Waals surface area contributed by atoms with Crippen molar-refractivity contribution in [3.05, 3.63) is 53.8 Å². The first-order chi connectivity index (χ1) is 12.7. The van der Waals surface area contributed by atoms with Crippen molar-refractivity contribution < 1.29 is 23.4 Å².